The Labute approximate surface area is 279 Å². The summed E-state index contributed by atoms with van der Waals surface area (Å²) >= 11 is 0. The summed E-state index contributed by atoms with van der Waals surface area (Å²) < 4.78 is 75.4. The van der Waals surface area contributed by atoms with Crippen LogP contribution in [0.3, 0.4) is 0 Å². The van der Waals surface area contributed by atoms with E-state index in [0.29, 0.717) is 38.5 Å². The predicted octanol–water partition coefficient (Wildman–Crippen LogP) is 4.50. The molecule has 0 aliphatic carbocycles. The van der Waals surface area contributed by atoms with Gasteiger partial charge in [0.25, 0.3) is 0 Å². The van der Waals surface area contributed by atoms with Crippen molar-refractivity contribution in [3.05, 3.63) is 0 Å². The van der Waals surface area contributed by atoms with E-state index in [1.165, 1.54) is 6.42 Å². The third kappa shape index (κ3) is 21.8. The van der Waals surface area contributed by atoms with Crippen molar-refractivity contribution in [1.82, 2.24) is 0 Å². The van der Waals surface area contributed by atoms with E-state index in [-0.39, 0.29) is 0 Å². The lowest BCUT2D eigenvalue weighted by molar-refractivity contribution is 0.0753. The Morgan fingerprint density at radius 1 is 0.289 bits per heavy atom. The first-order valence-electron chi connectivity index (χ1n) is 15.3. The van der Waals surface area contributed by atoms with Crippen LogP contribution in [-0.2, 0) is 62.6 Å². The van der Waals surface area contributed by atoms with Crippen molar-refractivity contribution >= 4 is 35.2 Å². The molecule has 45 heavy (non-hydrogen) atoms. The molecular weight excluding hydrogens is 661 g/mol. The van der Waals surface area contributed by atoms with Crippen LogP contribution in [-0.4, -0.2) is 147 Å². The number of ether oxygens (including phenoxy) is 2. The molecular formula is C27H68O14Si4. The van der Waals surface area contributed by atoms with E-state index < -0.39 is 35.2 Å². The summed E-state index contributed by atoms with van der Waals surface area (Å²) in [6, 6.07) is 2.91. The molecule has 0 aliphatic rings. The maximum Gasteiger partial charge on any atom is 0.500 e. The molecule has 0 aromatic heterocycles. The van der Waals surface area contributed by atoms with E-state index in [4.69, 9.17) is 62.6 Å². The Hall–Kier alpha value is 0.308. The largest absolute Gasteiger partial charge is 0.500 e. The molecule has 0 saturated carbocycles. The molecule has 0 bridgehead atoms. The van der Waals surface area contributed by atoms with E-state index >= 15 is 0 Å². The van der Waals surface area contributed by atoms with Crippen LogP contribution in [0.2, 0.25) is 24.2 Å². The van der Waals surface area contributed by atoms with Gasteiger partial charge in [0.1, 0.15) is 0 Å². The lowest BCUT2D eigenvalue weighted by Crippen LogP contribution is -2.45. The zero-order valence-corrected chi connectivity index (χ0v) is 34.9. The first-order chi connectivity index (χ1) is 21.6. The van der Waals surface area contributed by atoms with Crippen LogP contribution in [0.25, 0.3) is 0 Å². The van der Waals surface area contributed by atoms with Crippen LogP contribution < -0.4 is 0 Å². The first-order valence-corrected chi connectivity index (χ1v) is 23.1. The van der Waals surface area contributed by atoms with Crippen molar-refractivity contribution in [2.75, 3.05) is 112 Å². The first kappa shape index (κ1) is 49.7. The highest BCUT2D eigenvalue weighted by Crippen LogP contribution is 2.22. The second-order valence-corrected chi connectivity index (χ2v) is 21.9. The lowest BCUT2D eigenvalue weighted by atomic mass is 10.4. The van der Waals surface area contributed by atoms with E-state index in [1.807, 2.05) is 0 Å². The van der Waals surface area contributed by atoms with Crippen LogP contribution in [0, 0.1) is 0 Å². The van der Waals surface area contributed by atoms with Gasteiger partial charge in [0.2, 0.25) is 0 Å². The minimum atomic E-state index is -2.50. The zero-order chi connectivity index (χ0) is 35.1. The van der Waals surface area contributed by atoms with Gasteiger partial charge in [-0.3, -0.25) is 0 Å². The van der Waals surface area contributed by atoms with Gasteiger partial charge in [0.05, 0.1) is 0 Å². The van der Waals surface area contributed by atoms with Crippen molar-refractivity contribution in [2.24, 2.45) is 0 Å². The van der Waals surface area contributed by atoms with Gasteiger partial charge in [-0.2, -0.15) is 0 Å². The van der Waals surface area contributed by atoms with E-state index in [0.717, 1.165) is 37.8 Å². The average Bonchev–Trinajstić information content (AvgIpc) is 3.09. The molecule has 0 rings (SSSR count). The van der Waals surface area contributed by atoms with Crippen LogP contribution in [0.4, 0.5) is 0 Å². The molecule has 0 atom stereocenters. The second kappa shape index (κ2) is 31.6. The Kier molecular flexibility index (Phi) is 34.9. The average molecular weight is 729 g/mol. The van der Waals surface area contributed by atoms with Crippen molar-refractivity contribution in [3.8, 4) is 0 Å². The Balaban J connectivity index is -0.000000764. The van der Waals surface area contributed by atoms with E-state index in [1.54, 1.807) is 85.3 Å². The fourth-order valence-corrected chi connectivity index (χ4v) is 11.2. The van der Waals surface area contributed by atoms with Crippen molar-refractivity contribution in [2.45, 2.75) is 70.1 Å². The van der Waals surface area contributed by atoms with Crippen LogP contribution in [0.1, 0.15) is 46.0 Å². The summed E-state index contributed by atoms with van der Waals surface area (Å²) in [5.74, 6) is 0. The van der Waals surface area contributed by atoms with Gasteiger partial charge in [-0.15, -0.1) is 0 Å². The minimum Gasteiger partial charge on any atom is -0.381 e. The molecule has 0 amide bonds. The highest BCUT2D eigenvalue weighted by molar-refractivity contribution is 6.62. The Bertz CT molecular complexity index is 531. The summed E-state index contributed by atoms with van der Waals surface area (Å²) in [7, 11) is 9.42. The van der Waals surface area contributed by atoms with Gasteiger partial charge in [-0.25, -0.2) is 0 Å². The van der Waals surface area contributed by atoms with Gasteiger partial charge in [0, 0.05) is 136 Å². The summed E-state index contributed by atoms with van der Waals surface area (Å²) in [6.45, 7) is 6.92. The minimum absolute atomic E-state index is 0.661. The summed E-state index contributed by atoms with van der Waals surface area (Å²) in [5.41, 5.74) is 0. The summed E-state index contributed by atoms with van der Waals surface area (Å²) in [6.07, 6.45) is 4.62. The quantitative estimate of drug-likeness (QED) is 0.0829. The molecule has 0 aliphatic heterocycles. The Morgan fingerprint density at radius 2 is 0.467 bits per heavy atom. The van der Waals surface area contributed by atoms with Crippen LogP contribution in [0.5, 0.6) is 0 Å². The van der Waals surface area contributed by atoms with Crippen LogP contribution in [0.15, 0.2) is 0 Å². The molecule has 0 aromatic carbocycles. The standard InChI is InChI=1S/C15H36O8Si2.C9H24O6Si2.C3H8/c1-16-24(17-2,18-3)14-8-12-22-10-7-11-23-13-9-15-25(19-4,20-5)21-6;1-10-16(11-2,12-3)8-7-9-17(13-4,14-5)15-6;1-3-2/h7-15H2,1-6H3;7-9H2,1-6H3;3H2,1-2H3. The normalized spacial score (nSPS) is 12.4. The fourth-order valence-electron chi connectivity index (χ4n) is 3.99. The molecule has 0 heterocycles. The van der Waals surface area contributed by atoms with Crippen LogP contribution >= 0.6 is 0 Å². The molecule has 0 aromatic rings. The summed E-state index contributed by atoms with van der Waals surface area (Å²) in [5, 5.41) is 0. The zero-order valence-electron chi connectivity index (χ0n) is 30.9. The molecule has 0 saturated heterocycles. The molecule has 0 radical (unpaired) electrons. The Morgan fingerprint density at radius 3 is 0.667 bits per heavy atom. The third-order valence-corrected chi connectivity index (χ3v) is 18.1. The number of hydrogen-bond donors (Lipinski definition) is 0. The summed E-state index contributed by atoms with van der Waals surface area (Å²) in [4.78, 5) is 0. The maximum atomic E-state index is 5.60. The van der Waals surface area contributed by atoms with Gasteiger partial charge in [-0.05, 0) is 25.7 Å². The number of rotatable bonds is 28. The molecule has 18 heteroatoms. The lowest BCUT2D eigenvalue weighted by Gasteiger charge is -2.27. The number of hydrogen-bond acceptors (Lipinski definition) is 14. The SMILES string of the molecule is CCC.CO[Si](CCCOCCCOCCC[Si](OC)(OC)OC)(OC)OC.CO[Si](CCC[Si](OC)(OC)OC)(OC)OC. The highest BCUT2D eigenvalue weighted by Gasteiger charge is 2.42. The van der Waals surface area contributed by atoms with E-state index in [2.05, 4.69) is 13.8 Å². The van der Waals surface area contributed by atoms with Crippen molar-refractivity contribution < 1.29 is 62.6 Å². The van der Waals surface area contributed by atoms with Gasteiger partial charge >= 0.3 is 35.2 Å². The third-order valence-electron chi connectivity index (χ3n) is 6.82. The predicted molar refractivity (Wildman–Crippen MR) is 182 cm³/mol. The molecule has 0 fully saturated rings. The van der Waals surface area contributed by atoms with Crippen molar-refractivity contribution in [3.63, 3.8) is 0 Å². The smallest absolute Gasteiger partial charge is 0.381 e. The van der Waals surface area contributed by atoms with Gasteiger partial charge in [0.15, 0.2) is 0 Å². The van der Waals surface area contributed by atoms with Crippen molar-refractivity contribution in [1.29, 1.82) is 0 Å². The molecule has 0 unspecified atom stereocenters. The van der Waals surface area contributed by atoms with E-state index in [9.17, 15) is 0 Å². The topological polar surface area (TPSA) is 129 Å². The highest BCUT2D eigenvalue weighted by atomic mass is 28.4. The van der Waals surface area contributed by atoms with Gasteiger partial charge in [-0.1, -0.05) is 20.3 Å². The monoisotopic (exact) mass is 728 g/mol. The molecule has 14 nitrogen and oxygen atoms in total. The molecule has 276 valence electrons. The maximum absolute atomic E-state index is 5.60. The second-order valence-electron chi connectivity index (χ2n) is 9.53. The fraction of sp³-hybridized carbons (Fsp3) is 1.00. The molecule has 0 spiro atoms. The molecule has 0 N–H and O–H groups in total. The van der Waals surface area contributed by atoms with Gasteiger partial charge < -0.3 is 62.6 Å².